The fourth-order valence-corrected chi connectivity index (χ4v) is 4.51. The van der Waals surface area contributed by atoms with Crippen LogP contribution in [0.2, 0.25) is 0 Å². The fourth-order valence-electron chi connectivity index (χ4n) is 4.51. The van der Waals surface area contributed by atoms with E-state index >= 15 is 0 Å². The molecule has 6 atom stereocenters. The van der Waals surface area contributed by atoms with E-state index in [-0.39, 0.29) is 50.3 Å². The van der Waals surface area contributed by atoms with Crippen molar-refractivity contribution in [1.29, 1.82) is 0 Å². The predicted octanol–water partition coefficient (Wildman–Crippen LogP) is 2.25. The highest BCUT2D eigenvalue weighted by Gasteiger charge is 2.76. The van der Waals surface area contributed by atoms with Crippen molar-refractivity contribution >= 4 is 17.9 Å². The number of carbonyl (C=O) groups is 3. The van der Waals surface area contributed by atoms with E-state index in [1.54, 1.807) is 0 Å². The Morgan fingerprint density at radius 2 is 1.88 bits per heavy atom. The van der Waals surface area contributed by atoms with Crippen molar-refractivity contribution in [1.82, 2.24) is 0 Å². The van der Waals surface area contributed by atoms with Gasteiger partial charge in [0.05, 0.1) is 12.9 Å². The van der Waals surface area contributed by atoms with E-state index in [0.29, 0.717) is 5.57 Å². The van der Waals surface area contributed by atoms with Gasteiger partial charge in [0.25, 0.3) is 6.29 Å². The SMILES string of the molecule is CCC(C)CC(=O)OCC1=COC(OC(=O)CC(C)C)C2C1(O)CC(OC(C)=O)C21CO1. The quantitative estimate of drug-likeness (QED) is 0.318. The summed E-state index contributed by atoms with van der Waals surface area (Å²) in [6, 6.07) is 0. The van der Waals surface area contributed by atoms with Crippen LogP contribution in [0, 0.1) is 17.8 Å². The van der Waals surface area contributed by atoms with Crippen molar-refractivity contribution in [2.45, 2.75) is 83.9 Å². The van der Waals surface area contributed by atoms with E-state index in [2.05, 4.69) is 0 Å². The second-order valence-corrected chi connectivity index (χ2v) is 9.56. The van der Waals surface area contributed by atoms with Crippen LogP contribution in [0.3, 0.4) is 0 Å². The summed E-state index contributed by atoms with van der Waals surface area (Å²) in [5, 5.41) is 11.7. The van der Waals surface area contributed by atoms with Crippen molar-refractivity contribution < 1.29 is 43.2 Å². The Hall–Kier alpha value is -2.13. The molecule has 3 rings (SSSR count). The number of esters is 3. The molecule has 1 spiro atoms. The van der Waals surface area contributed by atoms with Crippen LogP contribution >= 0.6 is 0 Å². The summed E-state index contributed by atoms with van der Waals surface area (Å²) in [6.07, 6.45) is 0.748. The minimum Gasteiger partial charge on any atom is -0.462 e. The van der Waals surface area contributed by atoms with Gasteiger partial charge in [0, 0.05) is 31.8 Å². The van der Waals surface area contributed by atoms with Crippen molar-refractivity contribution in [3.05, 3.63) is 11.8 Å². The van der Waals surface area contributed by atoms with Crippen LogP contribution in [-0.4, -0.2) is 59.8 Å². The lowest BCUT2D eigenvalue weighted by atomic mass is 9.79. The average Bonchev–Trinajstić information content (AvgIpc) is 3.42. The fraction of sp³-hybridized carbons (Fsp3) is 0.783. The molecule has 1 N–H and O–H groups in total. The van der Waals surface area contributed by atoms with Crippen molar-refractivity contribution in [3.63, 3.8) is 0 Å². The number of hydrogen-bond donors (Lipinski definition) is 1. The molecule has 0 amide bonds. The number of hydrogen-bond acceptors (Lipinski definition) is 9. The zero-order chi connectivity index (χ0) is 23.7. The molecule has 32 heavy (non-hydrogen) atoms. The third-order valence-corrected chi connectivity index (χ3v) is 6.46. The normalized spacial score (nSPS) is 33.7. The van der Waals surface area contributed by atoms with Crippen LogP contribution in [-0.2, 0) is 38.1 Å². The lowest BCUT2D eigenvalue weighted by molar-refractivity contribution is -0.208. The molecule has 1 saturated heterocycles. The molecule has 0 radical (unpaired) electrons. The maximum atomic E-state index is 12.3. The lowest BCUT2D eigenvalue weighted by Crippen LogP contribution is -2.53. The Labute approximate surface area is 188 Å². The molecular weight excluding hydrogens is 420 g/mol. The van der Waals surface area contributed by atoms with Crippen LogP contribution in [0.4, 0.5) is 0 Å². The first-order valence-electron chi connectivity index (χ1n) is 11.3. The van der Waals surface area contributed by atoms with Crippen molar-refractivity contribution in [2.24, 2.45) is 17.8 Å². The molecule has 2 fully saturated rings. The first-order valence-corrected chi connectivity index (χ1v) is 11.3. The molecule has 180 valence electrons. The van der Waals surface area contributed by atoms with Crippen molar-refractivity contribution in [3.8, 4) is 0 Å². The number of aliphatic hydroxyl groups is 1. The van der Waals surface area contributed by atoms with Crippen LogP contribution < -0.4 is 0 Å². The van der Waals surface area contributed by atoms with Crippen molar-refractivity contribution in [2.75, 3.05) is 13.2 Å². The molecular formula is C23H34O9. The van der Waals surface area contributed by atoms with E-state index in [1.165, 1.54) is 13.2 Å². The molecule has 0 aromatic heterocycles. The van der Waals surface area contributed by atoms with E-state index in [1.807, 2.05) is 27.7 Å². The number of epoxide rings is 1. The maximum Gasteiger partial charge on any atom is 0.309 e. The molecule has 0 aromatic rings. The second-order valence-electron chi connectivity index (χ2n) is 9.56. The van der Waals surface area contributed by atoms with Gasteiger partial charge in [-0.25, -0.2) is 0 Å². The largest absolute Gasteiger partial charge is 0.462 e. The van der Waals surface area contributed by atoms with Gasteiger partial charge < -0.3 is 28.8 Å². The van der Waals surface area contributed by atoms with Gasteiger partial charge in [0.2, 0.25) is 0 Å². The Bertz CT molecular complexity index is 769. The van der Waals surface area contributed by atoms with Gasteiger partial charge in [0.1, 0.15) is 29.8 Å². The van der Waals surface area contributed by atoms with E-state index in [0.717, 1.165) is 6.42 Å². The van der Waals surface area contributed by atoms with Gasteiger partial charge in [-0.15, -0.1) is 0 Å². The summed E-state index contributed by atoms with van der Waals surface area (Å²) in [7, 11) is 0. The molecule has 9 nitrogen and oxygen atoms in total. The van der Waals surface area contributed by atoms with Crippen LogP contribution in [0.5, 0.6) is 0 Å². The third-order valence-electron chi connectivity index (χ3n) is 6.46. The molecule has 3 aliphatic rings. The summed E-state index contributed by atoms with van der Waals surface area (Å²) < 4.78 is 27.8. The monoisotopic (exact) mass is 454 g/mol. The summed E-state index contributed by atoms with van der Waals surface area (Å²) in [5.41, 5.74) is -2.29. The standard InChI is InChI=1S/C23H34O9/c1-6-14(4)8-18(25)28-10-16-11-29-21(32-19(26)7-13(2)3)20-22(16,27)9-17(31-15(5)24)23(20)12-30-23/h11,13-14,17,20-21,27H,6-10,12H2,1-5H3. The summed E-state index contributed by atoms with van der Waals surface area (Å²) in [6.45, 7) is 9.06. The van der Waals surface area contributed by atoms with Gasteiger partial charge in [-0.05, 0) is 11.8 Å². The second kappa shape index (κ2) is 9.39. The maximum absolute atomic E-state index is 12.3. The van der Waals surface area contributed by atoms with Crippen LogP contribution in [0.1, 0.15) is 60.3 Å². The molecule has 0 bridgehead atoms. The zero-order valence-corrected chi connectivity index (χ0v) is 19.4. The van der Waals surface area contributed by atoms with E-state index in [9.17, 15) is 19.5 Å². The molecule has 2 aliphatic heterocycles. The Balaban J connectivity index is 1.82. The highest BCUT2D eigenvalue weighted by molar-refractivity contribution is 5.70. The molecule has 9 heteroatoms. The average molecular weight is 455 g/mol. The highest BCUT2D eigenvalue weighted by atomic mass is 16.7. The van der Waals surface area contributed by atoms with Gasteiger partial charge in [0.15, 0.2) is 0 Å². The minimum absolute atomic E-state index is 0.0214. The Morgan fingerprint density at radius 3 is 2.44 bits per heavy atom. The van der Waals surface area contributed by atoms with Crippen LogP contribution in [0.15, 0.2) is 11.8 Å². The molecule has 6 unspecified atom stereocenters. The van der Waals surface area contributed by atoms with E-state index < -0.39 is 41.5 Å². The first kappa shape index (κ1) is 24.5. The Morgan fingerprint density at radius 1 is 1.19 bits per heavy atom. The number of fused-ring (bicyclic) bond motifs is 2. The van der Waals surface area contributed by atoms with Gasteiger partial charge >= 0.3 is 17.9 Å². The van der Waals surface area contributed by atoms with Gasteiger partial charge in [-0.1, -0.05) is 34.1 Å². The minimum atomic E-state index is -1.59. The predicted molar refractivity (Wildman–Crippen MR) is 111 cm³/mol. The number of rotatable bonds is 9. The summed E-state index contributed by atoms with van der Waals surface area (Å²) in [4.78, 5) is 36.2. The summed E-state index contributed by atoms with van der Waals surface area (Å²) >= 11 is 0. The number of carbonyl (C=O) groups excluding carboxylic acids is 3. The molecule has 2 heterocycles. The third kappa shape index (κ3) is 4.93. The smallest absolute Gasteiger partial charge is 0.309 e. The van der Waals surface area contributed by atoms with Gasteiger partial charge in [-0.3, -0.25) is 14.4 Å². The van der Waals surface area contributed by atoms with Gasteiger partial charge in [-0.2, -0.15) is 0 Å². The number of ether oxygens (including phenoxy) is 5. The first-order chi connectivity index (χ1) is 15.0. The topological polar surface area (TPSA) is 121 Å². The molecule has 1 aliphatic carbocycles. The van der Waals surface area contributed by atoms with E-state index in [4.69, 9.17) is 23.7 Å². The zero-order valence-electron chi connectivity index (χ0n) is 19.4. The molecule has 1 saturated carbocycles. The van der Waals surface area contributed by atoms with Crippen LogP contribution in [0.25, 0.3) is 0 Å². The Kier molecular flexibility index (Phi) is 7.19. The lowest BCUT2D eigenvalue weighted by Gasteiger charge is -2.40. The highest BCUT2D eigenvalue weighted by Crippen LogP contribution is 2.59. The summed E-state index contributed by atoms with van der Waals surface area (Å²) in [5.74, 6) is -1.91. The molecule has 0 aromatic carbocycles.